The molecule has 0 fully saturated rings. The molecule has 0 aliphatic carbocycles. The van der Waals surface area contributed by atoms with Gasteiger partial charge in [-0.2, -0.15) is 0 Å². The maximum atomic E-state index is 11.9. The highest BCUT2D eigenvalue weighted by Gasteiger charge is 2.14. The summed E-state index contributed by atoms with van der Waals surface area (Å²) < 4.78 is 0.958. The summed E-state index contributed by atoms with van der Waals surface area (Å²) in [6, 6.07) is 5.71. The van der Waals surface area contributed by atoms with E-state index in [9.17, 15) is 9.59 Å². The molecule has 0 atom stereocenters. The summed E-state index contributed by atoms with van der Waals surface area (Å²) in [6.07, 6.45) is 0.334. The van der Waals surface area contributed by atoms with Gasteiger partial charge in [0, 0.05) is 12.5 Å². The van der Waals surface area contributed by atoms with Crippen LogP contribution in [-0.2, 0) is 16.0 Å². The van der Waals surface area contributed by atoms with Gasteiger partial charge in [-0.3, -0.25) is 9.59 Å². The first-order chi connectivity index (χ1) is 9.73. The topological polar surface area (TPSA) is 71.1 Å². The summed E-state index contributed by atoms with van der Waals surface area (Å²) in [4.78, 5) is 27.3. The lowest BCUT2D eigenvalue weighted by Gasteiger charge is -2.20. The van der Waals surface area contributed by atoms with Gasteiger partial charge in [0.15, 0.2) is 5.13 Å². The van der Waals surface area contributed by atoms with Gasteiger partial charge in [0.25, 0.3) is 0 Å². The number of carbonyl (C=O) groups excluding carboxylic acids is 2. The van der Waals surface area contributed by atoms with Gasteiger partial charge in [0.1, 0.15) is 0 Å². The monoisotopic (exact) mass is 305 g/mol. The largest absolute Gasteiger partial charge is 0.351 e. The fourth-order valence-corrected chi connectivity index (χ4v) is 2.91. The van der Waals surface area contributed by atoms with Crippen LogP contribution in [0.3, 0.4) is 0 Å². The maximum absolute atomic E-state index is 11.9. The van der Waals surface area contributed by atoms with Crippen LogP contribution in [0.25, 0.3) is 10.2 Å². The molecule has 112 valence electrons. The van der Waals surface area contributed by atoms with Crippen LogP contribution in [0.15, 0.2) is 18.2 Å². The zero-order valence-corrected chi connectivity index (χ0v) is 13.4. The first-order valence-electron chi connectivity index (χ1n) is 6.71. The molecule has 2 aromatic rings. The molecule has 1 heterocycles. The quantitative estimate of drug-likeness (QED) is 0.916. The molecule has 2 rings (SSSR count). The van der Waals surface area contributed by atoms with Gasteiger partial charge in [-0.1, -0.05) is 17.4 Å². The summed E-state index contributed by atoms with van der Waals surface area (Å²) in [5.74, 6) is -0.146. The number of aromatic nitrogens is 1. The van der Waals surface area contributed by atoms with Crippen LogP contribution in [0, 0.1) is 0 Å². The van der Waals surface area contributed by atoms with Crippen LogP contribution in [0.4, 0.5) is 5.13 Å². The van der Waals surface area contributed by atoms with Crippen LogP contribution in [0.2, 0.25) is 0 Å². The van der Waals surface area contributed by atoms with Crippen molar-refractivity contribution in [2.24, 2.45) is 0 Å². The zero-order valence-electron chi connectivity index (χ0n) is 12.6. The number of carbonyl (C=O) groups is 2. The van der Waals surface area contributed by atoms with Gasteiger partial charge in [-0.05, 0) is 38.5 Å². The number of anilines is 1. The molecule has 1 aromatic heterocycles. The number of rotatable bonds is 3. The lowest BCUT2D eigenvalue weighted by atomic mass is 10.1. The van der Waals surface area contributed by atoms with Crippen molar-refractivity contribution in [3.63, 3.8) is 0 Å². The molecule has 21 heavy (non-hydrogen) atoms. The Morgan fingerprint density at radius 1 is 1.29 bits per heavy atom. The minimum absolute atomic E-state index is 0.00607. The number of thiazole rings is 1. The van der Waals surface area contributed by atoms with Crippen LogP contribution < -0.4 is 10.6 Å². The Hall–Kier alpha value is -1.95. The maximum Gasteiger partial charge on any atom is 0.224 e. The Kier molecular flexibility index (Phi) is 4.27. The van der Waals surface area contributed by atoms with E-state index in [4.69, 9.17) is 0 Å². The fraction of sp³-hybridized carbons (Fsp3) is 0.400. The molecule has 6 heteroatoms. The number of nitrogens with zero attached hydrogens (tertiary/aromatic N) is 1. The lowest BCUT2D eigenvalue weighted by molar-refractivity contribution is -0.121. The van der Waals surface area contributed by atoms with E-state index in [1.54, 1.807) is 0 Å². The molecule has 0 saturated heterocycles. The molecule has 0 spiro atoms. The summed E-state index contributed by atoms with van der Waals surface area (Å²) in [5.41, 5.74) is 1.52. The Bertz CT molecular complexity index is 686. The number of hydrogen-bond donors (Lipinski definition) is 2. The Morgan fingerprint density at radius 3 is 2.62 bits per heavy atom. The SMILES string of the molecule is CC(=O)Nc1nc2ccc(CC(=O)NC(C)(C)C)cc2s1. The van der Waals surface area contributed by atoms with Gasteiger partial charge in [-0.25, -0.2) is 4.98 Å². The Balaban J connectivity index is 2.15. The van der Waals surface area contributed by atoms with E-state index in [0.29, 0.717) is 11.6 Å². The fourth-order valence-electron chi connectivity index (χ4n) is 1.93. The molecule has 2 amide bonds. The van der Waals surface area contributed by atoms with E-state index in [0.717, 1.165) is 15.8 Å². The summed E-state index contributed by atoms with van der Waals surface area (Å²) in [7, 11) is 0. The van der Waals surface area contributed by atoms with Crippen molar-refractivity contribution in [1.82, 2.24) is 10.3 Å². The van der Waals surface area contributed by atoms with E-state index < -0.39 is 0 Å². The highest BCUT2D eigenvalue weighted by molar-refractivity contribution is 7.22. The van der Waals surface area contributed by atoms with E-state index in [1.807, 2.05) is 39.0 Å². The summed E-state index contributed by atoms with van der Waals surface area (Å²) >= 11 is 1.41. The number of amides is 2. The Morgan fingerprint density at radius 2 is 2.00 bits per heavy atom. The molecule has 2 N–H and O–H groups in total. The van der Waals surface area contributed by atoms with Crippen molar-refractivity contribution in [3.05, 3.63) is 23.8 Å². The van der Waals surface area contributed by atoms with Crippen LogP contribution in [-0.4, -0.2) is 22.3 Å². The Labute approximate surface area is 127 Å². The summed E-state index contributed by atoms with van der Waals surface area (Å²) in [6.45, 7) is 7.32. The van der Waals surface area contributed by atoms with Crippen molar-refractivity contribution in [2.45, 2.75) is 39.7 Å². The van der Waals surface area contributed by atoms with Gasteiger partial charge in [-0.15, -0.1) is 0 Å². The van der Waals surface area contributed by atoms with E-state index >= 15 is 0 Å². The minimum Gasteiger partial charge on any atom is -0.351 e. The zero-order chi connectivity index (χ0) is 15.6. The van der Waals surface area contributed by atoms with Gasteiger partial charge in [0.05, 0.1) is 16.6 Å². The molecule has 1 aromatic carbocycles. The lowest BCUT2D eigenvalue weighted by Crippen LogP contribution is -2.41. The molecule has 5 nitrogen and oxygen atoms in total. The number of hydrogen-bond acceptors (Lipinski definition) is 4. The third-order valence-corrected chi connectivity index (χ3v) is 3.55. The summed E-state index contributed by atoms with van der Waals surface area (Å²) in [5, 5.41) is 6.19. The van der Waals surface area contributed by atoms with Gasteiger partial charge in [0.2, 0.25) is 11.8 Å². The van der Waals surface area contributed by atoms with Crippen LogP contribution in [0.1, 0.15) is 33.3 Å². The van der Waals surface area contributed by atoms with Crippen molar-refractivity contribution in [1.29, 1.82) is 0 Å². The highest BCUT2D eigenvalue weighted by atomic mass is 32.1. The molecular weight excluding hydrogens is 286 g/mol. The van der Waals surface area contributed by atoms with Gasteiger partial charge < -0.3 is 10.6 Å². The average molecular weight is 305 g/mol. The van der Waals surface area contributed by atoms with E-state index in [-0.39, 0.29) is 17.4 Å². The second-order valence-corrected chi connectivity index (χ2v) is 7.01. The first kappa shape index (κ1) is 15.4. The number of nitrogens with one attached hydrogen (secondary N) is 2. The van der Waals surface area contributed by atoms with E-state index in [1.165, 1.54) is 18.3 Å². The van der Waals surface area contributed by atoms with Crippen LogP contribution >= 0.6 is 11.3 Å². The predicted octanol–water partition coefficient (Wildman–Crippen LogP) is 2.71. The second-order valence-electron chi connectivity index (χ2n) is 5.98. The van der Waals surface area contributed by atoms with Gasteiger partial charge >= 0.3 is 0 Å². The third kappa shape index (κ3) is 4.53. The second kappa shape index (κ2) is 5.81. The number of fused-ring (bicyclic) bond motifs is 1. The normalized spacial score (nSPS) is 11.4. The highest BCUT2D eigenvalue weighted by Crippen LogP contribution is 2.27. The number of benzene rings is 1. The van der Waals surface area contributed by atoms with Crippen LogP contribution in [0.5, 0.6) is 0 Å². The predicted molar refractivity (Wildman–Crippen MR) is 85.5 cm³/mol. The molecular formula is C15H19N3O2S. The van der Waals surface area contributed by atoms with Crippen molar-refractivity contribution < 1.29 is 9.59 Å². The van der Waals surface area contributed by atoms with Crippen molar-refractivity contribution in [2.75, 3.05) is 5.32 Å². The average Bonchev–Trinajstić information content (AvgIpc) is 2.66. The van der Waals surface area contributed by atoms with E-state index in [2.05, 4.69) is 15.6 Å². The molecule has 0 unspecified atom stereocenters. The molecule has 0 aliphatic rings. The molecule has 0 bridgehead atoms. The first-order valence-corrected chi connectivity index (χ1v) is 7.53. The molecule has 0 radical (unpaired) electrons. The molecule has 0 saturated carbocycles. The minimum atomic E-state index is -0.232. The smallest absolute Gasteiger partial charge is 0.224 e. The van der Waals surface area contributed by atoms with Crippen molar-refractivity contribution >= 4 is 38.5 Å². The van der Waals surface area contributed by atoms with Crippen molar-refractivity contribution in [3.8, 4) is 0 Å². The standard InChI is InChI=1S/C15H19N3O2S/c1-9(19)16-14-17-11-6-5-10(7-12(11)21-14)8-13(20)18-15(2,3)4/h5-7H,8H2,1-4H3,(H,18,20)(H,16,17,19). The third-order valence-electron chi connectivity index (χ3n) is 2.61. The molecule has 0 aliphatic heterocycles.